The van der Waals surface area contributed by atoms with Crippen molar-refractivity contribution in [2.75, 3.05) is 6.54 Å². The van der Waals surface area contributed by atoms with Crippen LogP contribution < -0.4 is 5.73 Å². The van der Waals surface area contributed by atoms with Gasteiger partial charge in [0.15, 0.2) is 0 Å². The lowest BCUT2D eigenvalue weighted by molar-refractivity contribution is -0.182. The quantitative estimate of drug-likeness (QED) is 0.917. The van der Waals surface area contributed by atoms with Crippen LogP contribution in [0.3, 0.4) is 0 Å². The average molecular weight is 276 g/mol. The van der Waals surface area contributed by atoms with Gasteiger partial charge in [-0.1, -0.05) is 13.3 Å². The van der Waals surface area contributed by atoms with Crippen molar-refractivity contribution in [3.8, 4) is 0 Å². The van der Waals surface area contributed by atoms with Crippen LogP contribution in [0, 0.1) is 5.92 Å². The van der Waals surface area contributed by atoms with Crippen molar-refractivity contribution in [3.05, 3.63) is 11.6 Å². The second-order valence-electron chi connectivity index (χ2n) is 5.08. The Morgan fingerprint density at radius 3 is 2.74 bits per heavy atom. The van der Waals surface area contributed by atoms with Crippen molar-refractivity contribution in [1.29, 1.82) is 0 Å². The van der Waals surface area contributed by atoms with Gasteiger partial charge < -0.3 is 10.3 Å². The van der Waals surface area contributed by atoms with Crippen molar-refractivity contribution in [2.24, 2.45) is 11.7 Å². The number of nitrogens with two attached hydrogens (primary N) is 1. The van der Waals surface area contributed by atoms with E-state index in [2.05, 4.69) is 10.2 Å². The van der Waals surface area contributed by atoms with Gasteiger partial charge in [-0.3, -0.25) is 0 Å². The van der Waals surface area contributed by atoms with Crippen molar-refractivity contribution in [2.45, 2.75) is 51.2 Å². The summed E-state index contributed by atoms with van der Waals surface area (Å²) in [6.07, 6.45) is -1.97. The maximum atomic E-state index is 12.8. The van der Waals surface area contributed by atoms with E-state index in [9.17, 15) is 13.2 Å². The van der Waals surface area contributed by atoms with Crippen LogP contribution in [-0.2, 0) is 13.0 Å². The van der Waals surface area contributed by atoms with Gasteiger partial charge in [-0.15, -0.1) is 10.2 Å². The summed E-state index contributed by atoms with van der Waals surface area (Å²) in [4.78, 5) is 0. The molecule has 0 amide bonds. The molecule has 2 atom stereocenters. The van der Waals surface area contributed by atoms with E-state index in [0.717, 1.165) is 12.8 Å². The van der Waals surface area contributed by atoms with Crippen molar-refractivity contribution < 1.29 is 13.2 Å². The summed E-state index contributed by atoms with van der Waals surface area (Å²) < 4.78 is 40.1. The fourth-order valence-corrected chi connectivity index (χ4v) is 2.62. The normalized spacial score (nSPS) is 21.2. The molecule has 0 spiro atoms. The number of aryl methyl sites for hydroxylation is 1. The minimum Gasteiger partial charge on any atom is -0.330 e. The lowest BCUT2D eigenvalue weighted by Crippen LogP contribution is -2.33. The van der Waals surface area contributed by atoms with E-state index in [1.807, 2.05) is 6.92 Å². The Bertz CT molecular complexity index is 427. The highest BCUT2D eigenvalue weighted by Gasteiger charge is 2.42. The minimum absolute atomic E-state index is 0.00164. The Balaban J connectivity index is 2.24. The topological polar surface area (TPSA) is 56.7 Å². The molecule has 0 bridgehead atoms. The van der Waals surface area contributed by atoms with Crippen LogP contribution in [0.1, 0.15) is 43.8 Å². The maximum Gasteiger partial charge on any atom is 0.393 e. The second-order valence-corrected chi connectivity index (χ2v) is 5.08. The fourth-order valence-electron chi connectivity index (χ4n) is 2.62. The summed E-state index contributed by atoms with van der Waals surface area (Å²) in [7, 11) is 0. The van der Waals surface area contributed by atoms with Gasteiger partial charge >= 0.3 is 6.18 Å². The largest absolute Gasteiger partial charge is 0.393 e. The van der Waals surface area contributed by atoms with E-state index in [0.29, 0.717) is 24.6 Å². The number of hydrogen-bond acceptors (Lipinski definition) is 3. The van der Waals surface area contributed by atoms with Gasteiger partial charge in [0.1, 0.15) is 11.6 Å². The van der Waals surface area contributed by atoms with E-state index in [1.165, 1.54) is 0 Å². The summed E-state index contributed by atoms with van der Waals surface area (Å²) in [5, 5.41) is 8.08. The maximum absolute atomic E-state index is 12.8. The van der Waals surface area contributed by atoms with Crippen LogP contribution in [-0.4, -0.2) is 27.5 Å². The third kappa shape index (κ3) is 2.91. The van der Waals surface area contributed by atoms with E-state index < -0.39 is 12.1 Å². The smallest absolute Gasteiger partial charge is 0.330 e. The molecule has 0 aliphatic carbocycles. The van der Waals surface area contributed by atoms with Crippen LogP contribution in [0.4, 0.5) is 13.2 Å². The van der Waals surface area contributed by atoms with Crippen LogP contribution in [0.15, 0.2) is 0 Å². The highest BCUT2D eigenvalue weighted by molar-refractivity contribution is 5.06. The molecule has 1 aromatic rings. The highest BCUT2D eigenvalue weighted by atomic mass is 19.4. The number of nitrogens with zero attached hydrogens (tertiary/aromatic N) is 3. The van der Waals surface area contributed by atoms with E-state index >= 15 is 0 Å². The van der Waals surface area contributed by atoms with Gasteiger partial charge in [0.25, 0.3) is 0 Å². The number of hydrogen-bond donors (Lipinski definition) is 1. The SMILES string of the molecule is CCCC(CN)c1nnc2n1CC(C(F)(F)F)CC2. The first-order valence-corrected chi connectivity index (χ1v) is 6.66. The van der Waals surface area contributed by atoms with Crippen LogP contribution in [0.2, 0.25) is 0 Å². The Kier molecular flexibility index (Phi) is 4.13. The molecule has 0 saturated heterocycles. The summed E-state index contributed by atoms with van der Waals surface area (Å²) in [5.41, 5.74) is 5.70. The lowest BCUT2D eigenvalue weighted by Gasteiger charge is -2.27. The predicted octanol–water partition coefficient (Wildman–Crippen LogP) is 2.25. The molecule has 0 saturated carbocycles. The summed E-state index contributed by atoms with van der Waals surface area (Å²) in [6.45, 7) is 2.35. The first-order chi connectivity index (χ1) is 8.97. The molecule has 0 radical (unpaired) electrons. The monoisotopic (exact) mass is 276 g/mol. The van der Waals surface area contributed by atoms with E-state index in [-0.39, 0.29) is 18.9 Å². The van der Waals surface area contributed by atoms with E-state index in [4.69, 9.17) is 5.73 Å². The van der Waals surface area contributed by atoms with Gasteiger partial charge in [0.2, 0.25) is 0 Å². The molecule has 2 unspecified atom stereocenters. The standard InChI is InChI=1S/C12H19F3N4/c1-2-3-8(6-16)11-18-17-10-5-4-9(7-19(10)11)12(13,14)15/h8-9H,2-7,16H2,1H3. The molecule has 4 nitrogen and oxygen atoms in total. The average Bonchev–Trinajstić information content (AvgIpc) is 2.77. The van der Waals surface area contributed by atoms with Crippen LogP contribution >= 0.6 is 0 Å². The van der Waals surface area contributed by atoms with Gasteiger partial charge in [-0.05, 0) is 12.8 Å². The highest BCUT2D eigenvalue weighted by Crippen LogP contribution is 2.35. The van der Waals surface area contributed by atoms with Gasteiger partial charge in [-0.2, -0.15) is 13.2 Å². The molecule has 108 valence electrons. The molecule has 7 heteroatoms. The van der Waals surface area contributed by atoms with Crippen LogP contribution in [0.25, 0.3) is 0 Å². The number of rotatable bonds is 4. The second kappa shape index (κ2) is 5.48. The molecule has 0 aromatic carbocycles. The van der Waals surface area contributed by atoms with Gasteiger partial charge in [0.05, 0.1) is 5.92 Å². The van der Waals surface area contributed by atoms with Crippen molar-refractivity contribution in [3.63, 3.8) is 0 Å². The number of halogens is 3. The first kappa shape index (κ1) is 14.3. The minimum atomic E-state index is -4.15. The Labute approximate surface area is 110 Å². The Morgan fingerprint density at radius 2 is 2.16 bits per heavy atom. The molecular weight excluding hydrogens is 257 g/mol. The molecule has 19 heavy (non-hydrogen) atoms. The van der Waals surface area contributed by atoms with E-state index in [1.54, 1.807) is 4.57 Å². The molecule has 1 aliphatic rings. The third-order valence-electron chi connectivity index (χ3n) is 3.73. The molecule has 1 aromatic heterocycles. The number of aromatic nitrogens is 3. The van der Waals surface area contributed by atoms with Gasteiger partial charge in [0, 0.05) is 25.4 Å². The third-order valence-corrected chi connectivity index (χ3v) is 3.73. The molecule has 2 N–H and O–H groups in total. The van der Waals surface area contributed by atoms with Crippen molar-refractivity contribution >= 4 is 0 Å². The molecular formula is C12H19F3N4. The zero-order valence-corrected chi connectivity index (χ0v) is 11.0. The number of fused-ring (bicyclic) bond motifs is 1. The molecule has 1 aliphatic heterocycles. The Hall–Kier alpha value is -1.11. The summed E-state index contributed by atoms with van der Waals surface area (Å²) in [5.74, 6) is -0.0219. The summed E-state index contributed by atoms with van der Waals surface area (Å²) in [6, 6.07) is 0. The predicted molar refractivity (Wildman–Crippen MR) is 64.6 cm³/mol. The zero-order chi connectivity index (χ0) is 14.0. The first-order valence-electron chi connectivity index (χ1n) is 6.66. The molecule has 2 rings (SSSR count). The lowest BCUT2D eigenvalue weighted by atomic mass is 9.97. The zero-order valence-electron chi connectivity index (χ0n) is 11.0. The van der Waals surface area contributed by atoms with Crippen LogP contribution in [0.5, 0.6) is 0 Å². The Morgan fingerprint density at radius 1 is 1.42 bits per heavy atom. The summed E-state index contributed by atoms with van der Waals surface area (Å²) >= 11 is 0. The van der Waals surface area contributed by atoms with Crippen molar-refractivity contribution in [1.82, 2.24) is 14.8 Å². The number of alkyl halides is 3. The molecule has 2 heterocycles. The fraction of sp³-hybridized carbons (Fsp3) is 0.833. The molecule has 0 fully saturated rings. The van der Waals surface area contributed by atoms with Gasteiger partial charge in [-0.25, -0.2) is 0 Å².